The number of rotatable bonds is 7. The van der Waals surface area contributed by atoms with Crippen LogP contribution in [0.2, 0.25) is 0 Å². The van der Waals surface area contributed by atoms with Crippen molar-refractivity contribution >= 4 is 5.91 Å². The fourth-order valence-electron chi connectivity index (χ4n) is 1.71. The van der Waals surface area contributed by atoms with Gasteiger partial charge in [0.2, 0.25) is 5.91 Å². The van der Waals surface area contributed by atoms with E-state index in [1.165, 1.54) is 6.07 Å². The van der Waals surface area contributed by atoms with Crippen molar-refractivity contribution in [2.45, 2.75) is 38.7 Å². The highest BCUT2D eigenvalue weighted by molar-refractivity contribution is 5.76. The minimum absolute atomic E-state index is 0.184. The third kappa shape index (κ3) is 5.79. The number of aliphatic hydroxyl groups is 1. The maximum absolute atomic E-state index is 12.9. The van der Waals surface area contributed by atoms with Crippen LogP contribution < -0.4 is 5.32 Å². The highest BCUT2D eigenvalue weighted by Gasteiger charge is 2.08. The molecule has 3 nitrogen and oxygen atoms in total. The smallest absolute Gasteiger partial charge is 0.220 e. The normalized spacial score (nSPS) is 12.2. The third-order valence-electron chi connectivity index (χ3n) is 2.78. The van der Waals surface area contributed by atoms with E-state index in [2.05, 4.69) is 5.32 Å². The number of aliphatic hydroxyl groups excluding tert-OH is 1. The topological polar surface area (TPSA) is 49.3 Å². The monoisotopic (exact) mass is 271 g/mol. The lowest BCUT2D eigenvalue weighted by Crippen LogP contribution is -2.32. The van der Waals surface area contributed by atoms with Gasteiger partial charge in [0, 0.05) is 13.0 Å². The van der Waals surface area contributed by atoms with Crippen LogP contribution in [0.5, 0.6) is 0 Å². The molecule has 0 spiro atoms. The largest absolute Gasteiger partial charge is 0.391 e. The summed E-state index contributed by atoms with van der Waals surface area (Å²) in [6.45, 7) is 2.18. The molecular formula is C14H19F2NO2. The van der Waals surface area contributed by atoms with Crippen LogP contribution in [0.25, 0.3) is 0 Å². The summed E-state index contributed by atoms with van der Waals surface area (Å²) in [4.78, 5) is 11.5. The summed E-state index contributed by atoms with van der Waals surface area (Å²) in [7, 11) is 0. The molecule has 1 amide bonds. The van der Waals surface area contributed by atoms with Gasteiger partial charge in [-0.1, -0.05) is 19.4 Å². The zero-order valence-corrected chi connectivity index (χ0v) is 11.0. The number of carbonyl (C=O) groups is 1. The number of carbonyl (C=O) groups excluding carboxylic acids is 1. The van der Waals surface area contributed by atoms with Crippen molar-refractivity contribution in [3.05, 3.63) is 35.4 Å². The lowest BCUT2D eigenvalue weighted by molar-refractivity contribution is -0.121. The van der Waals surface area contributed by atoms with Gasteiger partial charge >= 0.3 is 0 Å². The number of benzene rings is 1. The summed E-state index contributed by atoms with van der Waals surface area (Å²) >= 11 is 0. The standard InChI is InChI=1S/C14H19F2NO2/c1-2-3-11(18)9-17-14(19)7-5-10-4-6-12(15)13(16)8-10/h4,6,8,11,18H,2-3,5,7,9H2,1H3,(H,17,19). The summed E-state index contributed by atoms with van der Waals surface area (Å²) < 4.78 is 25.6. The van der Waals surface area contributed by atoms with E-state index >= 15 is 0 Å². The highest BCUT2D eigenvalue weighted by Crippen LogP contribution is 2.10. The first-order valence-electron chi connectivity index (χ1n) is 6.41. The Morgan fingerprint density at radius 1 is 1.37 bits per heavy atom. The van der Waals surface area contributed by atoms with Crippen LogP contribution in [0.3, 0.4) is 0 Å². The molecule has 0 fully saturated rings. The second-order valence-corrected chi connectivity index (χ2v) is 4.50. The first kappa shape index (κ1) is 15.6. The molecule has 0 saturated carbocycles. The molecule has 106 valence electrons. The molecule has 0 radical (unpaired) electrons. The van der Waals surface area contributed by atoms with E-state index < -0.39 is 17.7 Å². The van der Waals surface area contributed by atoms with Crippen LogP contribution >= 0.6 is 0 Å². The fourth-order valence-corrected chi connectivity index (χ4v) is 1.71. The molecule has 1 aromatic rings. The number of amides is 1. The van der Waals surface area contributed by atoms with E-state index in [1.54, 1.807) is 0 Å². The van der Waals surface area contributed by atoms with Crippen LogP contribution in [-0.4, -0.2) is 23.7 Å². The second-order valence-electron chi connectivity index (χ2n) is 4.50. The van der Waals surface area contributed by atoms with Crippen molar-refractivity contribution in [1.82, 2.24) is 5.32 Å². The third-order valence-corrected chi connectivity index (χ3v) is 2.78. The minimum Gasteiger partial charge on any atom is -0.391 e. The summed E-state index contributed by atoms with van der Waals surface area (Å²) in [5.74, 6) is -2.01. The van der Waals surface area contributed by atoms with Gasteiger partial charge in [-0.3, -0.25) is 4.79 Å². The average Bonchev–Trinajstić information content (AvgIpc) is 2.38. The van der Waals surface area contributed by atoms with Gasteiger partial charge < -0.3 is 10.4 Å². The summed E-state index contributed by atoms with van der Waals surface area (Å²) in [6, 6.07) is 3.60. The fraction of sp³-hybridized carbons (Fsp3) is 0.500. The Kier molecular flexibility index (Phi) is 6.42. The number of aryl methyl sites for hydroxylation is 1. The first-order chi connectivity index (χ1) is 9.02. The molecule has 1 aromatic carbocycles. The Morgan fingerprint density at radius 3 is 2.74 bits per heavy atom. The van der Waals surface area contributed by atoms with Crippen molar-refractivity contribution in [3.63, 3.8) is 0 Å². The highest BCUT2D eigenvalue weighted by atomic mass is 19.2. The van der Waals surface area contributed by atoms with Gasteiger partial charge in [-0.2, -0.15) is 0 Å². The molecule has 0 aromatic heterocycles. The molecule has 1 atom stereocenters. The predicted octanol–water partition coefficient (Wildman–Crippen LogP) is 2.17. The number of hydrogen-bond acceptors (Lipinski definition) is 2. The summed E-state index contributed by atoms with van der Waals surface area (Å²) in [6.07, 6.45) is 1.49. The van der Waals surface area contributed by atoms with Gasteiger partial charge in [0.25, 0.3) is 0 Å². The molecule has 5 heteroatoms. The molecule has 0 heterocycles. The lowest BCUT2D eigenvalue weighted by Gasteiger charge is -2.10. The van der Waals surface area contributed by atoms with Gasteiger partial charge in [0.1, 0.15) is 0 Å². The Balaban J connectivity index is 2.31. The van der Waals surface area contributed by atoms with E-state index in [0.29, 0.717) is 18.4 Å². The van der Waals surface area contributed by atoms with Crippen LogP contribution in [0.1, 0.15) is 31.7 Å². The van der Waals surface area contributed by atoms with Gasteiger partial charge in [-0.15, -0.1) is 0 Å². The van der Waals surface area contributed by atoms with E-state index in [4.69, 9.17) is 0 Å². The molecule has 1 rings (SSSR count). The van der Waals surface area contributed by atoms with Gasteiger partial charge in [0.15, 0.2) is 11.6 Å². The Labute approximate surface area is 111 Å². The minimum atomic E-state index is -0.906. The van der Waals surface area contributed by atoms with Crippen molar-refractivity contribution in [2.24, 2.45) is 0 Å². The van der Waals surface area contributed by atoms with E-state index in [9.17, 15) is 18.7 Å². The SMILES string of the molecule is CCCC(O)CNC(=O)CCc1ccc(F)c(F)c1. The van der Waals surface area contributed by atoms with Crippen LogP contribution in [0, 0.1) is 11.6 Å². The summed E-state index contributed by atoms with van der Waals surface area (Å²) in [5, 5.41) is 12.1. The quantitative estimate of drug-likeness (QED) is 0.798. The Hall–Kier alpha value is -1.49. The van der Waals surface area contributed by atoms with Gasteiger partial charge in [-0.25, -0.2) is 8.78 Å². The average molecular weight is 271 g/mol. The van der Waals surface area contributed by atoms with Crippen LogP contribution in [0.4, 0.5) is 8.78 Å². The molecule has 0 aliphatic rings. The Bertz CT molecular complexity index is 424. The van der Waals surface area contributed by atoms with Crippen molar-refractivity contribution in [1.29, 1.82) is 0 Å². The number of nitrogens with one attached hydrogen (secondary N) is 1. The molecule has 0 aliphatic heterocycles. The van der Waals surface area contributed by atoms with Crippen molar-refractivity contribution in [2.75, 3.05) is 6.54 Å². The molecule has 2 N–H and O–H groups in total. The molecule has 0 saturated heterocycles. The predicted molar refractivity (Wildman–Crippen MR) is 68.6 cm³/mol. The zero-order valence-electron chi connectivity index (χ0n) is 11.0. The van der Waals surface area contributed by atoms with E-state index in [0.717, 1.165) is 18.6 Å². The van der Waals surface area contributed by atoms with Crippen molar-refractivity contribution < 1.29 is 18.7 Å². The van der Waals surface area contributed by atoms with Crippen LogP contribution in [-0.2, 0) is 11.2 Å². The summed E-state index contributed by atoms with van der Waals surface area (Å²) in [5.41, 5.74) is 0.572. The molecule has 1 unspecified atom stereocenters. The van der Waals surface area contributed by atoms with Gasteiger partial charge in [0.05, 0.1) is 6.10 Å². The maximum atomic E-state index is 12.9. The lowest BCUT2D eigenvalue weighted by atomic mass is 10.1. The van der Waals surface area contributed by atoms with E-state index in [-0.39, 0.29) is 18.9 Å². The second kappa shape index (κ2) is 7.84. The Morgan fingerprint density at radius 2 is 2.11 bits per heavy atom. The van der Waals surface area contributed by atoms with Crippen molar-refractivity contribution in [3.8, 4) is 0 Å². The van der Waals surface area contributed by atoms with Crippen LogP contribution in [0.15, 0.2) is 18.2 Å². The molecule has 19 heavy (non-hydrogen) atoms. The molecular weight excluding hydrogens is 252 g/mol. The maximum Gasteiger partial charge on any atom is 0.220 e. The number of hydrogen-bond donors (Lipinski definition) is 2. The molecule has 0 bridgehead atoms. The first-order valence-corrected chi connectivity index (χ1v) is 6.41. The number of halogens is 2. The molecule has 0 aliphatic carbocycles. The van der Waals surface area contributed by atoms with E-state index in [1.807, 2.05) is 6.92 Å². The zero-order chi connectivity index (χ0) is 14.3. The van der Waals surface area contributed by atoms with Gasteiger partial charge in [-0.05, 0) is 30.5 Å².